The molecule has 0 saturated heterocycles. The molecular formula is C20H18FN3O2. The molecule has 1 heterocycles. The summed E-state index contributed by atoms with van der Waals surface area (Å²) in [5.74, 6) is -0.836. The highest BCUT2D eigenvalue weighted by molar-refractivity contribution is 6.02. The molecule has 0 unspecified atom stereocenters. The predicted molar refractivity (Wildman–Crippen MR) is 99.8 cm³/mol. The number of rotatable bonds is 4. The Morgan fingerprint density at radius 1 is 1.12 bits per heavy atom. The second-order valence-corrected chi connectivity index (χ2v) is 5.81. The summed E-state index contributed by atoms with van der Waals surface area (Å²) in [6.07, 6.45) is 2.76. The summed E-state index contributed by atoms with van der Waals surface area (Å²) in [6, 6.07) is 15.1. The lowest BCUT2D eigenvalue weighted by Crippen LogP contribution is -2.22. The number of nitrogens with one attached hydrogen (secondary N) is 1. The quantitative estimate of drug-likeness (QED) is 0.734. The van der Waals surface area contributed by atoms with E-state index in [1.54, 1.807) is 30.8 Å². The number of anilines is 1. The maximum absolute atomic E-state index is 13.2. The van der Waals surface area contributed by atoms with Crippen LogP contribution in [0.2, 0.25) is 0 Å². The largest absolute Gasteiger partial charge is 0.316 e. The van der Waals surface area contributed by atoms with E-state index in [2.05, 4.69) is 5.32 Å². The third-order valence-corrected chi connectivity index (χ3v) is 4.08. The first-order chi connectivity index (χ1) is 12.5. The van der Waals surface area contributed by atoms with Gasteiger partial charge in [-0.1, -0.05) is 30.3 Å². The van der Waals surface area contributed by atoms with Crippen LogP contribution in [0.5, 0.6) is 0 Å². The maximum Gasteiger partial charge on any atom is 0.295 e. The highest BCUT2D eigenvalue weighted by Crippen LogP contribution is 2.14. The maximum atomic E-state index is 13.2. The lowest BCUT2D eigenvalue weighted by molar-refractivity contribution is -0.111. The van der Waals surface area contributed by atoms with Gasteiger partial charge in [0.1, 0.15) is 11.5 Å². The number of aromatic nitrogens is 2. The molecule has 26 heavy (non-hydrogen) atoms. The number of hydrogen-bond acceptors (Lipinski definition) is 2. The third-order valence-electron chi connectivity index (χ3n) is 4.08. The zero-order chi connectivity index (χ0) is 18.7. The Morgan fingerprint density at radius 3 is 2.54 bits per heavy atom. The number of benzene rings is 2. The van der Waals surface area contributed by atoms with Crippen LogP contribution in [0.15, 0.2) is 65.5 Å². The average molecular weight is 351 g/mol. The molecule has 132 valence electrons. The number of nitrogens with zero attached hydrogens (tertiary/aromatic N) is 2. The van der Waals surface area contributed by atoms with Gasteiger partial charge in [-0.2, -0.15) is 0 Å². The van der Waals surface area contributed by atoms with Crippen LogP contribution >= 0.6 is 0 Å². The second-order valence-electron chi connectivity index (χ2n) is 5.81. The summed E-state index contributed by atoms with van der Waals surface area (Å²) in [5, 5.41) is 2.62. The van der Waals surface area contributed by atoms with Gasteiger partial charge in [0.2, 0.25) is 5.91 Å². The molecule has 2 aromatic carbocycles. The molecular weight excluding hydrogens is 333 g/mol. The first kappa shape index (κ1) is 17.4. The van der Waals surface area contributed by atoms with Crippen molar-refractivity contribution in [3.63, 3.8) is 0 Å². The molecule has 3 rings (SSSR count). The van der Waals surface area contributed by atoms with E-state index in [-0.39, 0.29) is 17.1 Å². The van der Waals surface area contributed by atoms with Crippen molar-refractivity contribution in [3.05, 3.63) is 88.1 Å². The summed E-state index contributed by atoms with van der Waals surface area (Å²) >= 11 is 0. The molecule has 1 aromatic heterocycles. The Bertz CT molecular complexity index is 1030. The Balaban J connectivity index is 1.86. The van der Waals surface area contributed by atoms with Crippen molar-refractivity contribution in [1.82, 2.24) is 9.36 Å². The smallest absolute Gasteiger partial charge is 0.295 e. The lowest BCUT2D eigenvalue weighted by atomic mass is 10.2. The van der Waals surface area contributed by atoms with Crippen LogP contribution in [0.4, 0.5) is 10.1 Å². The number of para-hydroxylation sites is 1. The Morgan fingerprint density at radius 2 is 1.85 bits per heavy atom. The van der Waals surface area contributed by atoms with E-state index in [1.165, 1.54) is 29.0 Å². The van der Waals surface area contributed by atoms with E-state index in [0.29, 0.717) is 16.9 Å². The molecule has 0 spiro atoms. The summed E-state index contributed by atoms with van der Waals surface area (Å²) < 4.78 is 16.3. The molecule has 3 aromatic rings. The normalized spacial score (nSPS) is 11.0. The highest BCUT2D eigenvalue weighted by Gasteiger charge is 2.17. The number of hydrogen-bond donors (Lipinski definition) is 1. The molecule has 0 atom stereocenters. The first-order valence-electron chi connectivity index (χ1n) is 8.06. The summed E-state index contributed by atoms with van der Waals surface area (Å²) in [5.41, 5.74) is 1.80. The summed E-state index contributed by atoms with van der Waals surface area (Å²) in [4.78, 5) is 24.9. The minimum absolute atomic E-state index is 0.213. The van der Waals surface area contributed by atoms with Gasteiger partial charge in [0, 0.05) is 13.1 Å². The molecule has 0 aliphatic rings. The van der Waals surface area contributed by atoms with Crippen molar-refractivity contribution in [2.24, 2.45) is 7.05 Å². The Hall–Kier alpha value is -3.41. The van der Waals surface area contributed by atoms with E-state index in [4.69, 9.17) is 0 Å². The van der Waals surface area contributed by atoms with Gasteiger partial charge < -0.3 is 5.32 Å². The molecule has 6 heteroatoms. The van der Waals surface area contributed by atoms with Crippen molar-refractivity contribution in [2.45, 2.75) is 6.92 Å². The van der Waals surface area contributed by atoms with Crippen LogP contribution in [-0.2, 0) is 11.8 Å². The van der Waals surface area contributed by atoms with Gasteiger partial charge in [-0.25, -0.2) is 9.07 Å². The van der Waals surface area contributed by atoms with E-state index in [0.717, 1.165) is 0 Å². The van der Waals surface area contributed by atoms with Gasteiger partial charge in [0.15, 0.2) is 0 Å². The van der Waals surface area contributed by atoms with Crippen LogP contribution < -0.4 is 10.9 Å². The fourth-order valence-corrected chi connectivity index (χ4v) is 2.66. The van der Waals surface area contributed by atoms with E-state index < -0.39 is 5.91 Å². The number of carbonyl (C=O) groups is 1. The average Bonchev–Trinajstić information content (AvgIpc) is 2.84. The van der Waals surface area contributed by atoms with Gasteiger partial charge in [-0.3, -0.25) is 14.3 Å². The zero-order valence-electron chi connectivity index (χ0n) is 14.4. The van der Waals surface area contributed by atoms with Crippen molar-refractivity contribution in [3.8, 4) is 5.69 Å². The van der Waals surface area contributed by atoms with Gasteiger partial charge in [-0.15, -0.1) is 0 Å². The first-order valence-corrected chi connectivity index (χ1v) is 8.06. The van der Waals surface area contributed by atoms with Crippen molar-refractivity contribution in [1.29, 1.82) is 0 Å². The van der Waals surface area contributed by atoms with Crippen LogP contribution in [0.1, 0.15) is 11.3 Å². The Kier molecular flexibility index (Phi) is 4.84. The predicted octanol–water partition coefficient (Wildman–Crippen LogP) is 3.28. The van der Waals surface area contributed by atoms with Crippen LogP contribution in [0.25, 0.3) is 11.8 Å². The number of carbonyl (C=O) groups excluding carboxylic acids is 1. The standard InChI is InChI=1S/C20H18FN3O2/c1-14-19(20(26)24(23(14)2)17-9-4-3-5-10-17)22-18(25)12-11-15-7-6-8-16(21)13-15/h3-13H,1-2H3,(H,22,25). The highest BCUT2D eigenvalue weighted by atomic mass is 19.1. The summed E-state index contributed by atoms with van der Waals surface area (Å²) in [6.45, 7) is 1.76. The number of amides is 1. The zero-order valence-corrected chi connectivity index (χ0v) is 14.4. The van der Waals surface area contributed by atoms with E-state index in [1.807, 2.05) is 30.3 Å². The molecule has 0 bridgehead atoms. The fourth-order valence-electron chi connectivity index (χ4n) is 2.66. The summed E-state index contributed by atoms with van der Waals surface area (Å²) in [7, 11) is 1.75. The molecule has 0 aliphatic heterocycles. The molecule has 1 N–H and O–H groups in total. The van der Waals surface area contributed by atoms with Crippen LogP contribution in [0, 0.1) is 12.7 Å². The van der Waals surface area contributed by atoms with Crippen molar-refractivity contribution in [2.75, 3.05) is 5.32 Å². The molecule has 0 radical (unpaired) electrons. The SMILES string of the molecule is Cc1c(NC(=O)C=Cc2cccc(F)c2)c(=O)n(-c2ccccc2)n1C. The number of halogens is 1. The van der Waals surface area contributed by atoms with Crippen LogP contribution in [0.3, 0.4) is 0 Å². The van der Waals surface area contributed by atoms with Gasteiger partial charge >= 0.3 is 0 Å². The molecule has 0 saturated carbocycles. The minimum atomic E-state index is -0.458. The van der Waals surface area contributed by atoms with Crippen molar-refractivity contribution < 1.29 is 9.18 Å². The molecule has 5 nitrogen and oxygen atoms in total. The lowest BCUT2D eigenvalue weighted by Gasteiger charge is -2.07. The molecule has 0 fully saturated rings. The molecule has 0 aliphatic carbocycles. The minimum Gasteiger partial charge on any atom is -0.316 e. The Labute approximate surface area is 150 Å². The van der Waals surface area contributed by atoms with Gasteiger partial charge in [0.05, 0.1) is 11.4 Å². The van der Waals surface area contributed by atoms with E-state index >= 15 is 0 Å². The van der Waals surface area contributed by atoms with Crippen LogP contribution in [-0.4, -0.2) is 15.3 Å². The third kappa shape index (κ3) is 3.49. The van der Waals surface area contributed by atoms with E-state index in [9.17, 15) is 14.0 Å². The monoisotopic (exact) mass is 351 g/mol. The topological polar surface area (TPSA) is 56.0 Å². The van der Waals surface area contributed by atoms with Gasteiger partial charge in [0.25, 0.3) is 5.56 Å². The van der Waals surface area contributed by atoms with Gasteiger partial charge in [-0.05, 0) is 42.8 Å². The molecule has 1 amide bonds. The van der Waals surface area contributed by atoms with Crippen molar-refractivity contribution >= 4 is 17.7 Å². The fraction of sp³-hybridized carbons (Fsp3) is 0.100. The second kappa shape index (κ2) is 7.23.